The van der Waals surface area contributed by atoms with Crippen LogP contribution in [0.25, 0.3) is 22.0 Å². The number of rotatable bonds is 5. The minimum Gasteiger partial charge on any atom is -0.375 e. The van der Waals surface area contributed by atoms with Gasteiger partial charge in [0.05, 0.1) is 24.4 Å². The van der Waals surface area contributed by atoms with Crippen LogP contribution < -0.4 is 5.32 Å². The maximum Gasteiger partial charge on any atom is 0.227 e. The van der Waals surface area contributed by atoms with E-state index in [9.17, 15) is 0 Å². The number of nitrogens with zero attached hydrogens (tertiary/aromatic N) is 5. The molecule has 2 aromatic carbocycles. The zero-order valence-electron chi connectivity index (χ0n) is 18.4. The lowest BCUT2D eigenvalue weighted by atomic mass is 10.0. The molecule has 2 aliphatic rings. The van der Waals surface area contributed by atoms with Crippen LogP contribution in [0.2, 0.25) is 0 Å². The van der Waals surface area contributed by atoms with E-state index in [2.05, 4.69) is 49.4 Å². The summed E-state index contributed by atoms with van der Waals surface area (Å²) < 4.78 is 7.60. The van der Waals surface area contributed by atoms with Crippen molar-refractivity contribution in [1.29, 1.82) is 0 Å². The highest BCUT2D eigenvalue weighted by molar-refractivity contribution is 5.81. The Morgan fingerprint density at radius 1 is 1.18 bits per heavy atom. The van der Waals surface area contributed by atoms with Gasteiger partial charge in [-0.25, -0.2) is 9.97 Å². The molecular weight excluding hydrogens is 412 g/mol. The van der Waals surface area contributed by atoms with Crippen molar-refractivity contribution in [2.45, 2.75) is 25.1 Å². The van der Waals surface area contributed by atoms with Crippen molar-refractivity contribution in [3.05, 3.63) is 66.1 Å². The van der Waals surface area contributed by atoms with Crippen molar-refractivity contribution < 1.29 is 4.74 Å². The second-order valence-corrected chi connectivity index (χ2v) is 8.83. The van der Waals surface area contributed by atoms with E-state index in [1.807, 2.05) is 42.3 Å². The Morgan fingerprint density at radius 3 is 2.88 bits per heavy atom. The molecule has 7 heteroatoms. The van der Waals surface area contributed by atoms with Crippen LogP contribution in [0.3, 0.4) is 0 Å². The number of terminal acetylenes is 1. The Labute approximate surface area is 192 Å². The Kier molecular flexibility index (Phi) is 4.83. The number of ether oxygens (including phenoxy) is 1. The molecule has 2 aliphatic heterocycles. The van der Waals surface area contributed by atoms with Crippen molar-refractivity contribution in [2.24, 2.45) is 7.05 Å². The summed E-state index contributed by atoms with van der Waals surface area (Å²) in [7, 11) is 1.93. The topological polar surface area (TPSA) is 68.1 Å². The number of fused-ring (bicyclic) bond motifs is 3. The van der Waals surface area contributed by atoms with E-state index >= 15 is 0 Å². The Bertz CT molecular complexity index is 1390. The highest BCUT2D eigenvalue weighted by atomic mass is 16.5. The summed E-state index contributed by atoms with van der Waals surface area (Å²) >= 11 is 0. The number of likely N-dealkylation sites (tertiary alicyclic amines) is 1. The molecule has 4 heterocycles. The maximum absolute atomic E-state index is 5.78. The molecule has 1 N–H and O–H groups in total. The van der Waals surface area contributed by atoms with E-state index in [0.29, 0.717) is 18.1 Å². The molecule has 0 spiro atoms. The quantitative estimate of drug-likeness (QED) is 0.481. The predicted molar refractivity (Wildman–Crippen MR) is 128 cm³/mol. The summed E-state index contributed by atoms with van der Waals surface area (Å²) in [4.78, 5) is 11.7. The van der Waals surface area contributed by atoms with E-state index < -0.39 is 0 Å². The van der Waals surface area contributed by atoms with Crippen LogP contribution in [0, 0.1) is 12.3 Å². The van der Waals surface area contributed by atoms with Gasteiger partial charge in [0.1, 0.15) is 0 Å². The number of hydrogen-bond acceptors (Lipinski definition) is 6. The molecule has 2 atom stereocenters. The number of hydrogen-bond donors (Lipinski definition) is 1. The number of morpholine rings is 1. The second kappa shape index (κ2) is 8.00. The van der Waals surface area contributed by atoms with Gasteiger partial charge >= 0.3 is 0 Å². The minimum atomic E-state index is 0.384. The fraction of sp³-hybridized carbons (Fsp3) is 0.269. The first-order valence-electron chi connectivity index (χ1n) is 11.1. The van der Waals surface area contributed by atoms with E-state index in [4.69, 9.17) is 11.2 Å². The third-order valence-electron chi connectivity index (χ3n) is 6.43. The van der Waals surface area contributed by atoms with Gasteiger partial charge < -0.3 is 10.1 Å². The third-order valence-corrected chi connectivity index (χ3v) is 6.43. The van der Waals surface area contributed by atoms with Crippen molar-refractivity contribution >= 4 is 22.5 Å². The summed E-state index contributed by atoms with van der Waals surface area (Å²) in [5.41, 5.74) is 6.06. The lowest BCUT2D eigenvalue weighted by Gasteiger charge is -2.27. The fourth-order valence-corrected chi connectivity index (χ4v) is 4.81. The van der Waals surface area contributed by atoms with Crippen LogP contribution in [-0.4, -0.2) is 49.9 Å². The Hall–Kier alpha value is -3.73. The van der Waals surface area contributed by atoms with Gasteiger partial charge in [-0.2, -0.15) is 5.10 Å². The zero-order chi connectivity index (χ0) is 22.4. The number of nitrogens with one attached hydrogen (secondary N) is 1. The molecule has 7 nitrogen and oxygen atoms in total. The van der Waals surface area contributed by atoms with Crippen molar-refractivity contribution in [3.63, 3.8) is 0 Å². The van der Waals surface area contributed by atoms with Gasteiger partial charge in [-0.15, -0.1) is 6.42 Å². The minimum absolute atomic E-state index is 0.384. The molecule has 0 aliphatic carbocycles. The van der Waals surface area contributed by atoms with Gasteiger partial charge in [0, 0.05) is 60.8 Å². The van der Waals surface area contributed by atoms with Gasteiger partial charge in [0.15, 0.2) is 0 Å². The van der Waals surface area contributed by atoms with E-state index in [0.717, 1.165) is 59.4 Å². The van der Waals surface area contributed by atoms with Crippen molar-refractivity contribution in [1.82, 2.24) is 24.6 Å². The average Bonchev–Trinajstić information content (AvgIpc) is 3.56. The van der Waals surface area contributed by atoms with E-state index in [-0.39, 0.29) is 0 Å². The monoisotopic (exact) mass is 436 g/mol. The lowest BCUT2D eigenvalue weighted by molar-refractivity contribution is 0.0273. The molecule has 0 saturated carbocycles. The van der Waals surface area contributed by atoms with Crippen LogP contribution in [0.15, 0.2) is 55.0 Å². The molecule has 2 saturated heterocycles. The molecule has 6 rings (SSSR count). The van der Waals surface area contributed by atoms with Crippen molar-refractivity contribution in [2.75, 3.05) is 18.5 Å². The first kappa shape index (κ1) is 19.9. The third kappa shape index (κ3) is 3.95. The van der Waals surface area contributed by atoms with Gasteiger partial charge in [0.25, 0.3) is 0 Å². The van der Waals surface area contributed by atoms with E-state index in [1.165, 1.54) is 5.56 Å². The summed E-state index contributed by atoms with van der Waals surface area (Å²) in [5, 5.41) is 8.68. The standard InChI is InChI=1S/C26H24N6O/c1-3-17-4-5-25-20(6-17)11-27-26(30-25)29-22-8-18(13-32-15-24-10-23(32)16-33-24)7-19(9-22)21-12-28-31(2)14-21/h1,4-9,11-12,14,23-24H,10,13,15-16H2,2H3,(H,27,29,30)/t23-,24+/m1/s1. The molecule has 2 aromatic heterocycles. The fourth-order valence-electron chi connectivity index (χ4n) is 4.81. The summed E-state index contributed by atoms with van der Waals surface area (Å²) in [6, 6.07) is 12.8. The lowest BCUT2D eigenvalue weighted by Crippen LogP contribution is -2.36. The van der Waals surface area contributed by atoms with Crippen LogP contribution in [0.4, 0.5) is 11.6 Å². The first-order chi connectivity index (χ1) is 16.1. The first-order valence-corrected chi connectivity index (χ1v) is 11.1. The zero-order valence-corrected chi connectivity index (χ0v) is 18.4. The average molecular weight is 437 g/mol. The number of aromatic nitrogens is 4. The maximum atomic E-state index is 5.78. The van der Waals surface area contributed by atoms with Crippen LogP contribution in [0.1, 0.15) is 17.5 Å². The van der Waals surface area contributed by atoms with Crippen LogP contribution >= 0.6 is 0 Å². The van der Waals surface area contributed by atoms with Crippen LogP contribution in [-0.2, 0) is 18.3 Å². The number of benzene rings is 2. The highest BCUT2D eigenvalue weighted by Crippen LogP contribution is 2.32. The molecule has 2 bridgehead atoms. The highest BCUT2D eigenvalue weighted by Gasteiger charge is 2.38. The summed E-state index contributed by atoms with van der Waals surface area (Å²) in [6.07, 6.45) is 12.8. The predicted octanol–water partition coefficient (Wildman–Crippen LogP) is 3.73. The Morgan fingerprint density at radius 2 is 2.12 bits per heavy atom. The van der Waals surface area contributed by atoms with Gasteiger partial charge in [-0.3, -0.25) is 9.58 Å². The summed E-state index contributed by atoms with van der Waals surface area (Å²) in [6.45, 7) is 2.73. The number of aryl methyl sites for hydroxylation is 1. The normalized spacial score (nSPS) is 19.8. The summed E-state index contributed by atoms with van der Waals surface area (Å²) in [5.74, 6) is 3.21. The van der Waals surface area contributed by atoms with E-state index in [1.54, 1.807) is 6.20 Å². The van der Waals surface area contributed by atoms with Gasteiger partial charge in [0.2, 0.25) is 5.95 Å². The molecule has 4 aromatic rings. The Balaban J connectivity index is 1.33. The molecule has 0 radical (unpaired) electrons. The SMILES string of the molecule is C#Cc1ccc2nc(Nc3cc(CN4C[C@@H]5C[C@@H]4CO5)cc(-c4cnn(C)c4)c3)ncc2c1. The van der Waals surface area contributed by atoms with Gasteiger partial charge in [-0.1, -0.05) is 5.92 Å². The molecule has 164 valence electrons. The molecular formula is C26H24N6O. The largest absolute Gasteiger partial charge is 0.375 e. The van der Waals surface area contributed by atoms with Crippen LogP contribution in [0.5, 0.6) is 0 Å². The smallest absolute Gasteiger partial charge is 0.227 e. The molecule has 0 amide bonds. The number of anilines is 2. The molecule has 33 heavy (non-hydrogen) atoms. The second-order valence-electron chi connectivity index (χ2n) is 8.83. The van der Waals surface area contributed by atoms with Gasteiger partial charge in [-0.05, 0) is 53.9 Å². The molecule has 0 unspecified atom stereocenters. The molecule has 2 fully saturated rings. The van der Waals surface area contributed by atoms with Crippen molar-refractivity contribution in [3.8, 4) is 23.5 Å².